The summed E-state index contributed by atoms with van der Waals surface area (Å²) in [6, 6.07) is 11.8. The van der Waals surface area contributed by atoms with Crippen LogP contribution in [0.4, 0.5) is 5.00 Å². The molecule has 0 unspecified atom stereocenters. The second-order valence-electron chi connectivity index (χ2n) is 6.53. The van der Waals surface area contributed by atoms with Crippen LogP contribution >= 0.6 is 23.6 Å². The minimum absolute atomic E-state index is 0.112. The zero-order chi connectivity index (χ0) is 19.4. The molecular weight excluding hydrogens is 380 g/mol. The van der Waals surface area contributed by atoms with Crippen molar-refractivity contribution in [2.75, 3.05) is 25.0 Å². The lowest BCUT2D eigenvalue weighted by atomic mass is 10.1. The molecule has 2 heterocycles. The number of ether oxygens (including phenoxy) is 2. The van der Waals surface area contributed by atoms with E-state index in [-0.39, 0.29) is 18.2 Å². The van der Waals surface area contributed by atoms with Gasteiger partial charge in [-0.2, -0.15) is 0 Å². The molecule has 1 saturated heterocycles. The molecule has 1 N–H and O–H groups in total. The molecule has 1 aromatic heterocycles. The van der Waals surface area contributed by atoms with Crippen LogP contribution in [-0.2, 0) is 9.47 Å². The second kappa shape index (κ2) is 8.82. The number of hydrogen-bond donors (Lipinski definition) is 1. The van der Waals surface area contributed by atoms with Crippen LogP contribution < -0.4 is 5.32 Å². The highest BCUT2D eigenvalue weighted by atomic mass is 32.1. The number of nitrogens with one attached hydrogen (secondary N) is 1. The number of carbonyl (C=O) groups excluding carboxylic acids is 1. The van der Waals surface area contributed by atoms with E-state index in [9.17, 15) is 4.79 Å². The topological polar surface area (TPSA) is 50.8 Å². The molecule has 144 valence electrons. The fourth-order valence-corrected chi connectivity index (χ4v) is 4.48. The number of benzene rings is 1. The maximum atomic E-state index is 12.4. The van der Waals surface area contributed by atoms with Crippen molar-refractivity contribution < 1.29 is 14.3 Å². The van der Waals surface area contributed by atoms with Crippen LogP contribution in [0.2, 0.25) is 0 Å². The van der Waals surface area contributed by atoms with Crippen LogP contribution in [0.25, 0.3) is 10.4 Å². The number of carbonyl (C=O) groups is 1. The molecule has 0 amide bonds. The third kappa shape index (κ3) is 4.86. The van der Waals surface area contributed by atoms with Gasteiger partial charge in [-0.05, 0) is 44.6 Å². The van der Waals surface area contributed by atoms with E-state index in [2.05, 4.69) is 10.2 Å². The van der Waals surface area contributed by atoms with Crippen molar-refractivity contribution in [2.45, 2.75) is 33.0 Å². The smallest absolute Gasteiger partial charge is 0.341 e. The van der Waals surface area contributed by atoms with Gasteiger partial charge in [0.15, 0.2) is 5.11 Å². The summed E-state index contributed by atoms with van der Waals surface area (Å²) in [7, 11) is 0. The highest BCUT2D eigenvalue weighted by Gasteiger charge is 2.26. The minimum Gasteiger partial charge on any atom is -0.462 e. The van der Waals surface area contributed by atoms with Crippen molar-refractivity contribution in [1.29, 1.82) is 0 Å². The zero-order valence-electron chi connectivity index (χ0n) is 15.7. The average molecular weight is 405 g/mol. The monoisotopic (exact) mass is 404 g/mol. The summed E-state index contributed by atoms with van der Waals surface area (Å²) in [5.74, 6) is -0.343. The third-order valence-corrected chi connectivity index (χ3v) is 5.67. The molecule has 7 heteroatoms. The van der Waals surface area contributed by atoms with Crippen molar-refractivity contribution in [3.8, 4) is 10.4 Å². The molecule has 27 heavy (non-hydrogen) atoms. The summed E-state index contributed by atoms with van der Waals surface area (Å²) in [5.41, 5.74) is 1.57. The minimum atomic E-state index is -0.343. The molecule has 2 atom stereocenters. The molecule has 3 rings (SSSR count). The molecule has 0 bridgehead atoms. The van der Waals surface area contributed by atoms with Gasteiger partial charge in [-0.25, -0.2) is 4.79 Å². The Morgan fingerprint density at radius 2 is 1.96 bits per heavy atom. The first-order chi connectivity index (χ1) is 13.0. The lowest BCUT2D eigenvalue weighted by Crippen LogP contribution is -2.49. The number of hydrogen-bond acceptors (Lipinski definition) is 5. The standard InChI is InChI=1S/C20H24N2O3S2/c1-4-24-19(23)16-10-17(15-8-6-5-7-9-15)27-18(16)21-20(26)22-11-13(2)25-14(3)12-22/h5-10,13-14H,4,11-12H2,1-3H3,(H,21,26)/t13-,14+. The first-order valence-corrected chi connectivity index (χ1v) is 10.3. The quantitative estimate of drug-likeness (QED) is 0.602. The van der Waals surface area contributed by atoms with Crippen molar-refractivity contribution >= 4 is 39.6 Å². The average Bonchev–Trinajstić information content (AvgIpc) is 3.06. The zero-order valence-corrected chi connectivity index (χ0v) is 17.4. The molecule has 5 nitrogen and oxygen atoms in total. The van der Waals surface area contributed by atoms with Crippen LogP contribution in [0.1, 0.15) is 31.1 Å². The summed E-state index contributed by atoms with van der Waals surface area (Å²) < 4.78 is 11.0. The molecule has 0 aliphatic carbocycles. The van der Waals surface area contributed by atoms with Gasteiger partial charge < -0.3 is 19.7 Å². The number of thiophene rings is 1. The van der Waals surface area contributed by atoms with E-state index < -0.39 is 0 Å². The van der Waals surface area contributed by atoms with E-state index in [1.807, 2.05) is 50.2 Å². The van der Waals surface area contributed by atoms with E-state index in [1.165, 1.54) is 11.3 Å². The summed E-state index contributed by atoms with van der Waals surface area (Å²) in [5, 5.41) is 4.58. The normalized spacial score (nSPS) is 19.6. The first-order valence-electron chi connectivity index (χ1n) is 9.05. The second-order valence-corrected chi connectivity index (χ2v) is 7.97. The molecule has 1 aliphatic heterocycles. The van der Waals surface area contributed by atoms with Gasteiger partial charge in [0.2, 0.25) is 0 Å². The van der Waals surface area contributed by atoms with Crippen molar-refractivity contribution in [1.82, 2.24) is 4.90 Å². The largest absolute Gasteiger partial charge is 0.462 e. The van der Waals surface area contributed by atoms with E-state index in [0.717, 1.165) is 23.5 Å². The van der Waals surface area contributed by atoms with Gasteiger partial charge in [0.05, 0.1) is 24.4 Å². The predicted molar refractivity (Wildman–Crippen MR) is 114 cm³/mol. The van der Waals surface area contributed by atoms with Gasteiger partial charge in [0, 0.05) is 18.0 Å². The van der Waals surface area contributed by atoms with Crippen LogP contribution in [0.5, 0.6) is 0 Å². The highest BCUT2D eigenvalue weighted by Crippen LogP contribution is 2.36. The Balaban J connectivity index is 1.85. The molecule has 1 aromatic carbocycles. The Bertz CT molecular complexity index is 797. The van der Waals surface area contributed by atoms with Crippen LogP contribution in [-0.4, -0.2) is 47.9 Å². The first kappa shape index (κ1) is 19.8. The van der Waals surface area contributed by atoms with E-state index in [0.29, 0.717) is 22.3 Å². The Labute approximate surface area is 169 Å². The molecule has 1 fully saturated rings. The highest BCUT2D eigenvalue weighted by molar-refractivity contribution is 7.80. The lowest BCUT2D eigenvalue weighted by molar-refractivity contribution is -0.0473. The van der Waals surface area contributed by atoms with E-state index >= 15 is 0 Å². The van der Waals surface area contributed by atoms with Gasteiger partial charge in [-0.1, -0.05) is 30.3 Å². The van der Waals surface area contributed by atoms with Gasteiger partial charge in [-0.3, -0.25) is 0 Å². The van der Waals surface area contributed by atoms with Crippen LogP contribution in [0.3, 0.4) is 0 Å². The number of anilines is 1. The van der Waals surface area contributed by atoms with Gasteiger partial charge in [-0.15, -0.1) is 11.3 Å². The Hall–Kier alpha value is -1.96. The third-order valence-electron chi connectivity index (χ3n) is 4.21. The van der Waals surface area contributed by atoms with Gasteiger partial charge >= 0.3 is 5.97 Å². The van der Waals surface area contributed by atoms with E-state index in [4.69, 9.17) is 21.7 Å². The summed E-state index contributed by atoms with van der Waals surface area (Å²) in [6.07, 6.45) is 0.225. The maximum Gasteiger partial charge on any atom is 0.341 e. The Morgan fingerprint density at radius 3 is 2.59 bits per heavy atom. The van der Waals surface area contributed by atoms with Crippen LogP contribution in [0.15, 0.2) is 36.4 Å². The predicted octanol–water partition coefficient (Wildman–Crippen LogP) is 4.40. The molecule has 1 aliphatic rings. The fraction of sp³-hybridized carbons (Fsp3) is 0.400. The van der Waals surface area contributed by atoms with Gasteiger partial charge in [0.1, 0.15) is 5.00 Å². The Kier molecular flexibility index (Phi) is 6.46. The number of nitrogens with zero attached hydrogens (tertiary/aromatic N) is 1. The van der Waals surface area contributed by atoms with Gasteiger partial charge in [0.25, 0.3) is 0 Å². The summed E-state index contributed by atoms with van der Waals surface area (Å²) in [4.78, 5) is 15.5. The molecule has 2 aromatic rings. The van der Waals surface area contributed by atoms with Crippen LogP contribution in [0, 0.1) is 0 Å². The number of rotatable bonds is 4. The van der Waals surface area contributed by atoms with E-state index in [1.54, 1.807) is 6.92 Å². The number of esters is 1. The van der Waals surface area contributed by atoms with Crippen molar-refractivity contribution in [3.05, 3.63) is 42.0 Å². The summed E-state index contributed by atoms with van der Waals surface area (Å²) in [6.45, 7) is 7.65. The molecule has 0 saturated carbocycles. The number of morpholine rings is 1. The van der Waals surface area contributed by atoms with Crippen molar-refractivity contribution in [3.63, 3.8) is 0 Å². The van der Waals surface area contributed by atoms with Crippen molar-refractivity contribution in [2.24, 2.45) is 0 Å². The summed E-state index contributed by atoms with van der Waals surface area (Å²) >= 11 is 7.12. The fourth-order valence-electron chi connectivity index (χ4n) is 3.11. The SMILES string of the molecule is CCOC(=O)c1cc(-c2ccccc2)sc1NC(=S)N1C[C@@H](C)O[C@@H](C)C1. The molecule has 0 spiro atoms. The molecular formula is C20H24N2O3S2. The Morgan fingerprint density at radius 1 is 1.30 bits per heavy atom. The molecule has 0 radical (unpaired) electrons. The number of thiocarbonyl (C=S) groups is 1. The maximum absolute atomic E-state index is 12.4. The lowest BCUT2D eigenvalue weighted by Gasteiger charge is -2.36.